The third kappa shape index (κ3) is 3.15. The Balaban J connectivity index is 2.42. The third-order valence-corrected chi connectivity index (χ3v) is 3.89. The quantitative estimate of drug-likeness (QED) is 0.619. The first-order valence-corrected chi connectivity index (χ1v) is 7.06. The monoisotopic (exact) mass is 390 g/mol. The molecule has 5 heteroatoms. The van der Waals surface area contributed by atoms with Gasteiger partial charge >= 0.3 is 0 Å². The van der Waals surface area contributed by atoms with Gasteiger partial charge in [-0.25, -0.2) is 8.78 Å². The van der Waals surface area contributed by atoms with Crippen LogP contribution in [0.2, 0.25) is 0 Å². The minimum Gasteiger partial charge on any atom is -0.455 e. The van der Waals surface area contributed by atoms with E-state index in [9.17, 15) is 8.78 Å². The van der Waals surface area contributed by atoms with Crippen molar-refractivity contribution in [2.24, 2.45) is 0 Å². The van der Waals surface area contributed by atoms with Crippen molar-refractivity contribution in [2.75, 3.05) is 0 Å². The van der Waals surface area contributed by atoms with Crippen LogP contribution in [0.4, 0.5) is 8.78 Å². The molecule has 0 heterocycles. The molecule has 0 N–H and O–H groups in total. The fourth-order valence-corrected chi connectivity index (χ4v) is 2.33. The molecule has 0 aromatic heterocycles. The van der Waals surface area contributed by atoms with Crippen LogP contribution in [0.25, 0.3) is 0 Å². The first-order chi connectivity index (χ1) is 8.88. The van der Waals surface area contributed by atoms with Crippen molar-refractivity contribution in [2.45, 2.75) is 13.8 Å². The average molecular weight is 392 g/mol. The first-order valence-electron chi connectivity index (χ1n) is 5.47. The molecule has 0 fully saturated rings. The predicted molar refractivity (Wildman–Crippen MR) is 77.7 cm³/mol. The van der Waals surface area contributed by atoms with E-state index in [1.807, 2.05) is 0 Å². The number of hydrogen-bond acceptors (Lipinski definition) is 1. The standard InChI is InChI=1S/C14H10Br2F2O/c1-7-3-13(9(15)5-11(7)17)19-14-4-8(2)12(18)6-10(14)16/h3-6H,1-2H3. The molecule has 19 heavy (non-hydrogen) atoms. The van der Waals surface area contributed by atoms with Gasteiger partial charge in [-0.3, -0.25) is 0 Å². The summed E-state index contributed by atoms with van der Waals surface area (Å²) in [7, 11) is 0. The summed E-state index contributed by atoms with van der Waals surface area (Å²) in [5.74, 6) is 0.332. The van der Waals surface area contributed by atoms with Crippen LogP contribution in [-0.4, -0.2) is 0 Å². The molecule has 0 spiro atoms. The summed E-state index contributed by atoms with van der Waals surface area (Å²) >= 11 is 6.48. The van der Waals surface area contributed by atoms with E-state index in [4.69, 9.17) is 4.74 Å². The fraction of sp³-hybridized carbons (Fsp3) is 0.143. The van der Waals surface area contributed by atoms with Gasteiger partial charge in [0.05, 0.1) is 8.95 Å². The number of aryl methyl sites for hydroxylation is 2. The second-order valence-corrected chi connectivity index (χ2v) is 5.87. The minimum atomic E-state index is -0.312. The minimum absolute atomic E-state index is 0.312. The van der Waals surface area contributed by atoms with Crippen LogP contribution >= 0.6 is 31.9 Å². The highest BCUT2D eigenvalue weighted by molar-refractivity contribution is 9.11. The first kappa shape index (κ1) is 14.5. The number of hydrogen-bond donors (Lipinski definition) is 0. The molecule has 0 aliphatic rings. The highest BCUT2D eigenvalue weighted by Crippen LogP contribution is 2.36. The lowest BCUT2D eigenvalue weighted by molar-refractivity contribution is 0.470. The molecule has 0 amide bonds. The van der Waals surface area contributed by atoms with Crippen LogP contribution in [0, 0.1) is 25.5 Å². The van der Waals surface area contributed by atoms with Gasteiger partial charge in [-0.1, -0.05) is 0 Å². The van der Waals surface area contributed by atoms with Gasteiger partial charge in [-0.05, 0) is 81.1 Å². The smallest absolute Gasteiger partial charge is 0.142 e. The largest absolute Gasteiger partial charge is 0.455 e. The molecule has 0 saturated heterocycles. The lowest BCUT2D eigenvalue weighted by Gasteiger charge is -2.12. The molecule has 1 nitrogen and oxygen atoms in total. The molecular weight excluding hydrogens is 382 g/mol. The molecule has 2 rings (SSSR count). The van der Waals surface area contributed by atoms with Crippen LogP contribution in [0.5, 0.6) is 11.5 Å². The van der Waals surface area contributed by atoms with E-state index in [1.165, 1.54) is 12.1 Å². The van der Waals surface area contributed by atoms with E-state index in [2.05, 4.69) is 31.9 Å². The maximum Gasteiger partial charge on any atom is 0.142 e. The zero-order valence-electron chi connectivity index (χ0n) is 10.2. The highest BCUT2D eigenvalue weighted by Gasteiger charge is 2.11. The van der Waals surface area contributed by atoms with E-state index in [0.29, 0.717) is 31.6 Å². The van der Waals surface area contributed by atoms with E-state index >= 15 is 0 Å². The van der Waals surface area contributed by atoms with Gasteiger partial charge in [0.15, 0.2) is 0 Å². The van der Waals surface area contributed by atoms with E-state index < -0.39 is 0 Å². The number of ether oxygens (including phenoxy) is 1. The molecule has 2 aromatic rings. The van der Waals surface area contributed by atoms with Gasteiger partial charge in [0.1, 0.15) is 23.1 Å². The van der Waals surface area contributed by atoms with Gasteiger partial charge in [0, 0.05) is 0 Å². The molecule has 0 atom stereocenters. The van der Waals surface area contributed by atoms with Crippen LogP contribution < -0.4 is 4.74 Å². The number of rotatable bonds is 2. The summed E-state index contributed by atoms with van der Waals surface area (Å²) in [4.78, 5) is 0. The van der Waals surface area contributed by atoms with E-state index in [-0.39, 0.29) is 11.6 Å². The second-order valence-electron chi connectivity index (χ2n) is 4.17. The van der Waals surface area contributed by atoms with Crippen molar-refractivity contribution in [1.29, 1.82) is 0 Å². The van der Waals surface area contributed by atoms with Crippen LogP contribution in [0.15, 0.2) is 33.2 Å². The highest BCUT2D eigenvalue weighted by atomic mass is 79.9. The Kier molecular flexibility index (Phi) is 4.26. The van der Waals surface area contributed by atoms with Gasteiger partial charge < -0.3 is 4.74 Å². The number of halogens is 4. The zero-order chi connectivity index (χ0) is 14.2. The van der Waals surface area contributed by atoms with Crippen molar-refractivity contribution in [3.05, 3.63) is 56.0 Å². The molecule has 0 aliphatic heterocycles. The predicted octanol–water partition coefficient (Wildman–Crippen LogP) is 5.90. The van der Waals surface area contributed by atoms with Crippen molar-refractivity contribution in [3.8, 4) is 11.5 Å². The topological polar surface area (TPSA) is 9.23 Å². The molecule has 0 saturated carbocycles. The van der Waals surface area contributed by atoms with E-state index in [0.717, 1.165) is 0 Å². The Bertz CT molecular complexity index is 586. The van der Waals surface area contributed by atoms with Crippen molar-refractivity contribution in [1.82, 2.24) is 0 Å². The summed E-state index contributed by atoms with van der Waals surface area (Å²) in [6.07, 6.45) is 0. The molecule has 100 valence electrons. The summed E-state index contributed by atoms with van der Waals surface area (Å²) in [5, 5.41) is 0. The molecule has 0 aliphatic carbocycles. The van der Waals surface area contributed by atoms with Gasteiger partial charge in [0.25, 0.3) is 0 Å². The lowest BCUT2D eigenvalue weighted by atomic mass is 10.2. The molecule has 2 aromatic carbocycles. The van der Waals surface area contributed by atoms with Gasteiger partial charge in [-0.15, -0.1) is 0 Å². The van der Waals surface area contributed by atoms with Crippen LogP contribution in [0.1, 0.15) is 11.1 Å². The fourth-order valence-electron chi connectivity index (χ4n) is 1.54. The van der Waals surface area contributed by atoms with Crippen LogP contribution in [0.3, 0.4) is 0 Å². The molecular formula is C14H10Br2F2O. The summed E-state index contributed by atoms with van der Waals surface area (Å²) in [6, 6.07) is 5.86. The van der Waals surface area contributed by atoms with Crippen LogP contribution in [-0.2, 0) is 0 Å². The Morgan fingerprint density at radius 1 is 0.789 bits per heavy atom. The molecule has 0 bridgehead atoms. The molecule has 0 radical (unpaired) electrons. The van der Waals surface area contributed by atoms with Crippen molar-refractivity contribution < 1.29 is 13.5 Å². The summed E-state index contributed by atoms with van der Waals surface area (Å²) < 4.78 is 33.4. The normalized spacial score (nSPS) is 10.6. The second kappa shape index (κ2) is 5.59. The lowest BCUT2D eigenvalue weighted by Crippen LogP contribution is -1.92. The number of benzene rings is 2. The maximum absolute atomic E-state index is 13.4. The maximum atomic E-state index is 13.4. The Labute approximate surface area is 126 Å². The summed E-state index contributed by atoms with van der Waals surface area (Å²) in [6.45, 7) is 3.30. The van der Waals surface area contributed by atoms with Gasteiger partial charge in [-0.2, -0.15) is 0 Å². The van der Waals surface area contributed by atoms with Gasteiger partial charge in [0.2, 0.25) is 0 Å². The van der Waals surface area contributed by atoms with E-state index in [1.54, 1.807) is 26.0 Å². The average Bonchev–Trinajstić information content (AvgIpc) is 2.32. The Morgan fingerprint density at radius 2 is 1.16 bits per heavy atom. The SMILES string of the molecule is Cc1cc(Oc2cc(C)c(F)cc2Br)c(Br)cc1F. The Hall–Kier alpha value is -0.940. The third-order valence-electron chi connectivity index (χ3n) is 2.65. The van der Waals surface area contributed by atoms with Crippen molar-refractivity contribution in [3.63, 3.8) is 0 Å². The zero-order valence-corrected chi connectivity index (χ0v) is 13.4. The summed E-state index contributed by atoms with van der Waals surface area (Å²) in [5.41, 5.74) is 0.960. The molecule has 0 unspecified atom stereocenters. The Morgan fingerprint density at radius 3 is 1.53 bits per heavy atom. The van der Waals surface area contributed by atoms with Crippen molar-refractivity contribution >= 4 is 31.9 Å².